The molecule has 0 saturated carbocycles. The van der Waals surface area contributed by atoms with E-state index in [1.165, 1.54) is 0 Å². The SMILES string of the molecule is Cc1n[nH]c(C)c1[C@H](C)C(=O)Nc1ccc(C(=O)NC(C)(C)C)cc1. The van der Waals surface area contributed by atoms with E-state index in [4.69, 9.17) is 0 Å². The minimum absolute atomic E-state index is 0.112. The zero-order valence-electron chi connectivity index (χ0n) is 15.7. The Hall–Kier alpha value is -2.63. The summed E-state index contributed by atoms with van der Waals surface area (Å²) < 4.78 is 0. The molecule has 0 saturated heterocycles. The Morgan fingerprint density at radius 2 is 1.72 bits per heavy atom. The van der Waals surface area contributed by atoms with Crippen molar-refractivity contribution in [2.45, 2.75) is 53.0 Å². The van der Waals surface area contributed by atoms with Gasteiger partial charge in [-0.05, 0) is 65.8 Å². The summed E-state index contributed by atoms with van der Waals surface area (Å²) in [5, 5.41) is 12.8. The van der Waals surface area contributed by atoms with Gasteiger partial charge >= 0.3 is 0 Å². The van der Waals surface area contributed by atoms with Gasteiger partial charge in [0.25, 0.3) is 5.91 Å². The summed E-state index contributed by atoms with van der Waals surface area (Å²) in [5.41, 5.74) is 3.56. The molecule has 2 aromatic rings. The first kappa shape index (κ1) is 18.7. The van der Waals surface area contributed by atoms with Crippen LogP contribution in [0.15, 0.2) is 24.3 Å². The molecule has 1 aromatic carbocycles. The molecule has 0 aliphatic rings. The van der Waals surface area contributed by atoms with Crippen molar-refractivity contribution in [2.24, 2.45) is 0 Å². The summed E-state index contributed by atoms with van der Waals surface area (Å²) in [6.07, 6.45) is 0. The highest BCUT2D eigenvalue weighted by atomic mass is 16.2. The average Bonchev–Trinajstić information content (AvgIpc) is 2.84. The fourth-order valence-corrected chi connectivity index (χ4v) is 2.70. The minimum atomic E-state index is -0.317. The molecule has 0 aliphatic heterocycles. The Bertz CT molecular complexity index is 750. The molecule has 6 nitrogen and oxygen atoms in total. The van der Waals surface area contributed by atoms with Crippen LogP contribution in [0.1, 0.15) is 60.9 Å². The van der Waals surface area contributed by atoms with Gasteiger partial charge in [0.1, 0.15) is 0 Å². The summed E-state index contributed by atoms with van der Waals surface area (Å²) in [7, 11) is 0. The Balaban J connectivity index is 2.06. The molecule has 3 N–H and O–H groups in total. The van der Waals surface area contributed by atoms with E-state index in [2.05, 4.69) is 20.8 Å². The number of carbonyl (C=O) groups is 2. The monoisotopic (exact) mass is 342 g/mol. The van der Waals surface area contributed by atoms with Crippen molar-refractivity contribution in [1.29, 1.82) is 0 Å². The number of H-pyrrole nitrogens is 1. The molecule has 0 radical (unpaired) electrons. The van der Waals surface area contributed by atoms with E-state index < -0.39 is 0 Å². The van der Waals surface area contributed by atoms with E-state index in [1.807, 2.05) is 41.5 Å². The first-order valence-corrected chi connectivity index (χ1v) is 8.33. The molecular weight excluding hydrogens is 316 g/mol. The van der Waals surface area contributed by atoms with Crippen molar-refractivity contribution in [1.82, 2.24) is 15.5 Å². The number of amides is 2. The quantitative estimate of drug-likeness (QED) is 0.797. The molecule has 2 amide bonds. The zero-order valence-corrected chi connectivity index (χ0v) is 15.7. The van der Waals surface area contributed by atoms with E-state index in [9.17, 15) is 9.59 Å². The zero-order chi connectivity index (χ0) is 18.8. The summed E-state index contributed by atoms with van der Waals surface area (Å²) in [4.78, 5) is 24.6. The van der Waals surface area contributed by atoms with Crippen LogP contribution in [-0.2, 0) is 4.79 Å². The number of aromatic amines is 1. The molecule has 1 heterocycles. The van der Waals surface area contributed by atoms with Crippen molar-refractivity contribution in [3.8, 4) is 0 Å². The maximum absolute atomic E-state index is 12.5. The fourth-order valence-electron chi connectivity index (χ4n) is 2.70. The molecule has 0 fully saturated rings. The van der Waals surface area contributed by atoms with Gasteiger partial charge in [-0.1, -0.05) is 0 Å². The minimum Gasteiger partial charge on any atom is -0.347 e. The molecule has 25 heavy (non-hydrogen) atoms. The van der Waals surface area contributed by atoms with Crippen molar-refractivity contribution in [3.63, 3.8) is 0 Å². The van der Waals surface area contributed by atoms with Gasteiger partial charge < -0.3 is 10.6 Å². The Morgan fingerprint density at radius 3 is 2.20 bits per heavy atom. The Kier molecular flexibility index (Phi) is 5.30. The second kappa shape index (κ2) is 7.09. The van der Waals surface area contributed by atoms with Gasteiger partial charge in [-0.3, -0.25) is 14.7 Å². The lowest BCUT2D eigenvalue weighted by molar-refractivity contribution is -0.117. The molecule has 0 spiro atoms. The highest BCUT2D eigenvalue weighted by Gasteiger charge is 2.21. The van der Waals surface area contributed by atoms with E-state index in [1.54, 1.807) is 24.3 Å². The number of hydrogen-bond acceptors (Lipinski definition) is 3. The standard InChI is InChI=1S/C19H26N4O2/c1-11(16-12(2)22-23-13(16)3)17(24)20-15-9-7-14(8-10-15)18(25)21-19(4,5)6/h7-11H,1-6H3,(H,20,24)(H,21,25)(H,22,23)/t11-/m0/s1. The lowest BCUT2D eigenvalue weighted by atomic mass is 9.98. The second-order valence-electron chi connectivity index (χ2n) is 7.34. The van der Waals surface area contributed by atoms with Crippen LogP contribution in [0.4, 0.5) is 5.69 Å². The maximum atomic E-state index is 12.5. The number of aryl methyl sites for hydroxylation is 2. The lowest BCUT2D eigenvalue weighted by Crippen LogP contribution is -2.40. The number of carbonyl (C=O) groups excluding carboxylic acids is 2. The first-order valence-electron chi connectivity index (χ1n) is 8.33. The van der Waals surface area contributed by atoms with Gasteiger partial charge in [0.05, 0.1) is 11.6 Å². The van der Waals surface area contributed by atoms with Gasteiger partial charge in [-0.25, -0.2) is 0 Å². The topological polar surface area (TPSA) is 86.9 Å². The van der Waals surface area contributed by atoms with Crippen LogP contribution in [0, 0.1) is 13.8 Å². The molecule has 1 aromatic heterocycles. The van der Waals surface area contributed by atoms with Crippen molar-refractivity contribution in [2.75, 3.05) is 5.32 Å². The van der Waals surface area contributed by atoms with Crippen molar-refractivity contribution < 1.29 is 9.59 Å². The molecule has 0 aliphatic carbocycles. The van der Waals surface area contributed by atoms with Crippen LogP contribution in [0.3, 0.4) is 0 Å². The maximum Gasteiger partial charge on any atom is 0.251 e. The number of hydrogen-bond donors (Lipinski definition) is 3. The number of aromatic nitrogens is 2. The van der Waals surface area contributed by atoms with E-state index >= 15 is 0 Å². The molecule has 2 rings (SSSR count). The predicted molar refractivity (Wildman–Crippen MR) is 98.8 cm³/mol. The van der Waals surface area contributed by atoms with Crippen LogP contribution in [0.5, 0.6) is 0 Å². The highest BCUT2D eigenvalue weighted by Crippen LogP contribution is 2.23. The van der Waals surface area contributed by atoms with Gasteiger partial charge in [0.15, 0.2) is 0 Å². The Labute approximate surface area is 148 Å². The molecule has 6 heteroatoms. The molecule has 1 atom stereocenters. The summed E-state index contributed by atoms with van der Waals surface area (Å²) in [5.74, 6) is -0.564. The van der Waals surface area contributed by atoms with E-state index in [-0.39, 0.29) is 23.3 Å². The third-order valence-electron chi connectivity index (χ3n) is 3.91. The Morgan fingerprint density at radius 1 is 1.12 bits per heavy atom. The van der Waals surface area contributed by atoms with Crippen LogP contribution < -0.4 is 10.6 Å². The van der Waals surface area contributed by atoms with Crippen LogP contribution in [-0.4, -0.2) is 27.6 Å². The van der Waals surface area contributed by atoms with Gasteiger partial charge in [0, 0.05) is 28.0 Å². The highest BCUT2D eigenvalue weighted by molar-refractivity contribution is 5.97. The number of nitrogens with one attached hydrogen (secondary N) is 3. The van der Waals surface area contributed by atoms with Crippen LogP contribution in [0.2, 0.25) is 0 Å². The average molecular weight is 342 g/mol. The predicted octanol–water partition coefficient (Wildman–Crippen LogP) is 3.30. The van der Waals surface area contributed by atoms with Crippen molar-refractivity contribution >= 4 is 17.5 Å². The molecular formula is C19H26N4O2. The third-order valence-corrected chi connectivity index (χ3v) is 3.91. The number of nitrogens with zero attached hydrogens (tertiary/aromatic N) is 1. The van der Waals surface area contributed by atoms with Gasteiger partial charge in [0.2, 0.25) is 5.91 Å². The summed E-state index contributed by atoms with van der Waals surface area (Å²) in [6.45, 7) is 11.4. The van der Waals surface area contributed by atoms with Gasteiger partial charge in [-0.15, -0.1) is 0 Å². The van der Waals surface area contributed by atoms with Crippen molar-refractivity contribution in [3.05, 3.63) is 46.8 Å². The number of anilines is 1. The molecule has 0 bridgehead atoms. The first-order chi connectivity index (χ1) is 11.6. The smallest absolute Gasteiger partial charge is 0.251 e. The van der Waals surface area contributed by atoms with Gasteiger partial charge in [-0.2, -0.15) is 5.10 Å². The van der Waals surface area contributed by atoms with E-state index in [0.717, 1.165) is 17.0 Å². The largest absolute Gasteiger partial charge is 0.347 e. The second-order valence-corrected chi connectivity index (χ2v) is 7.34. The van der Waals surface area contributed by atoms with Crippen LogP contribution in [0.25, 0.3) is 0 Å². The fraction of sp³-hybridized carbons (Fsp3) is 0.421. The normalized spacial score (nSPS) is 12.6. The number of rotatable bonds is 4. The number of benzene rings is 1. The van der Waals surface area contributed by atoms with Crippen LogP contribution >= 0.6 is 0 Å². The summed E-state index contributed by atoms with van der Waals surface area (Å²) in [6, 6.07) is 6.87. The lowest BCUT2D eigenvalue weighted by Gasteiger charge is -2.20. The van der Waals surface area contributed by atoms with E-state index in [0.29, 0.717) is 11.3 Å². The third kappa shape index (κ3) is 4.68. The molecule has 0 unspecified atom stereocenters. The molecule has 134 valence electrons. The summed E-state index contributed by atoms with van der Waals surface area (Å²) >= 11 is 0.